The summed E-state index contributed by atoms with van der Waals surface area (Å²) in [4.78, 5) is 38.2. The molecule has 0 aromatic heterocycles. The molecule has 1 aliphatic carbocycles. The molecule has 2 rings (SSSR count). The molecule has 2 bridgehead atoms. The number of carbonyl (C=O) groups is 3. The molecule has 0 saturated heterocycles. The summed E-state index contributed by atoms with van der Waals surface area (Å²) in [5, 5.41) is 24.3. The molecule has 36 heavy (non-hydrogen) atoms. The second-order valence-electron chi connectivity index (χ2n) is 9.56. The van der Waals surface area contributed by atoms with Gasteiger partial charge in [-0.05, 0) is 38.2 Å². The first-order chi connectivity index (χ1) is 16.9. The summed E-state index contributed by atoms with van der Waals surface area (Å²) < 4.78 is 11.0. The number of hydrogen-bond acceptors (Lipinski definition) is 8. The van der Waals surface area contributed by atoms with Crippen LogP contribution < -0.4 is 11.1 Å². The van der Waals surface area contributed by atoms with Gasteiger partial charge in [-0.2, -0.15) is 0 Å². The van der Waals surface area contributed by atoms with E-state index in [1.165, 1.54) is 20.3 Å². The molecule has 1 amide bonds. The normalized spacial score (nSPS) is 34.4. The monoisotopic (exact) mass is 503 g/mol. The minimum atomic E-state index is -0.978. The highest BCUT2D eigenvalue weighted by Crippen LogP contribution is 2.27. The molecule has 0 aromatic carbocycles. The number of ketones is 2. The second kappa shape index (κ2) is 12.9. The zero-order valence-electron chi connectivity index (χ0n) is 21.8. The molecule has 0 aromatic rings. The number of aliphatic hydroxyl groups is 2. The van der Waals surface area contributed by atoms with Gasteiger partial charge in [0.15, 0.2) is 0 Å². The number of rotatable bonds is 2. The number of methoxy groups -OCH3 is 2. The van der Waals surface area contributed by atoms with E-state index < -0.39 is 41.9 Å². The number of nitrogens with two attached hydrogens (primary N) is 1. The van der Waals surface area contributed by atoms with Gasteiger partial charge in [0.1, 0.15) is 12.2 Å². The highest BCUT2D eigenvalue weighted by Gasteiger charge is 2.32. The van der Waals surface area contributed by atoms with Crippen molar-refractivity contribution < 1.29 is 34.1 Å². The number of hydrogen-bond donors (Lipinski definition) is 4. The van der Waals surface area contributed by atoms with Crippen molar-refractivity contribution in [2.75, 3.05) is 14.2 Å². The Morgan fingerprint density at radius 1 is 1.08 bits per heavy atom. The Morgan fingerprint density at radius 2 is 1.75 bits per heavy atom. The number of aliphatic hydroxyl groups excluding tert-OH is 2. The molecule has 1 aliphatic heterocycles. The standard InChI is InChI=1S/C27H38N2O7/c1-14-10-18-23(28)20(30)13-19(26(18)33)29-27(34)15(2)8-7-9-21(35-5)24(31)16(3)12-17(4)25(32)22(11-14)36-6/h7-9,12-14,17,21-22,24-25,31-32H,10-11,28H2,1-6H3,(H,29,34)/b9-7?,15-8+,16-12-/t14-,17+,21+,22+,24+,25-/m0/s1/i28+1. The predicted molar refractivity (Wildman–Crippen MR) is 135 cm³/mol. The highest BCUT2D eigenvalue weighted by molar-refractivity contribution is 6.23. The molecular weight excluding hydrogens is 465 g/mol. The molecule has 9 nitrogen and oxygen atoms in total. The van der Waals surface area contributed by atoms with Gasteiger partial charge in [-0.25, -0.2) is 0 Å². The Morgan fingerprint density at radius 3 is 2.36 bits per heavy atom. The average Bonchev–Trinajstić information content (AvgIpc) is 2.84. The van der Waals surface area contributed by atoms with Crippen LogP contribution in [0.25, 0.3) is 0 Å². The van der Waals surface area contributed by atoms with Gasteiger partial charge in [0.05, 0.1) is 23.6 Å². The zero-order chi connectivity index (χ0) is 27.2. The van der Waals surface area contributed by atoms with Crippen molar-refractivity contribution in [2.45, 2.75) is 65.0 Å². The summed E-state index contributed by atoms with van der Waals surface area (Å²) in [7, 11) is 2.95. The minimum absolute atomic E-state index is 0.129. The quantitative estimate of drug-likeness (QED) is 0.252. The molecular formula is C27H38N2O7. The molecule has 0 unspecified atom stereocenters. The molecule has 2 aliphatic rings. The summed E-state index contributed by atoms with van der Waals surface area (Å²) >= 11 is 0. The minimum Gasteiger partial charge on any atom is -0.395 e. The first kappa shape index (κ1) is 29.4. The lowest BCUT2D eigenvalue weighted by Crippen LogP contribution is -2.36. The number of amides is 1. The van der Waals surface area contributed by atoms with E-state index in [0.29, 0.717) is 12.0 Å². The van der Waals surface area contributed by atoms with Gasteiger partial charge >= 0.3 is 0 Å². The summed E-state index contributed by atoms with van der Waals surface area (Å²) in [6, 6.07) is 0. The largest absolute Gasteiger partial charge is 0.395 e. The van der Waals surface area contributed by atoms with E-state index in [9.17, 15) is 24.6 Å². The highest BCUT2D eigenvalue weighted by atomic mass is 16.5. The number of allylic oxidation sites excluding steroid dienone is 4. The fourth-order valence-corrected chi connectivity index (χ4v) is 4.34. The van der Waals surface area contributed by atoms with Gasteiger partial charge in [0, 0.05) is 37.4 Å². The number of carbonyl (C=O) groups excluding carboxylic acids is 3. The third-order valence-electron chi connectivity index (χ3n) is 6.62. The maximum atomic E-state index is 13.1. The molecule has 0 radical (unpaired) electrons. The molecule has 5 N–H and O–H groups in total. The van der Waals surface area contributed by atoms with Gasteiger partial charge in [-0.3, -0.25) is 14.4 Å². The van der Waals surface area contributed by atoms with Gasteiger partial charge in [-0.1, -0.05) is 38.2 Å². The Balaban J connectivity index is 2.50. The SMILES string of the molecule is CO[C@@H]1C=C/C=C(\C)C(=O)NC2=CC(=O)C([15NH2])=C(C[C@H](C)C[C@@H](OC)[C@@H](O)[C@H](C)/C=C(/C)[C@H]1O)C2=O. The number of fused-ring (bicyclic) bond motifs is 2. The van der Waals surface area contributed by atoms with Crippen molar-refractivity contribution in [1.29, 1.82) is 0 Å². The first-order valence-corrected chi connectivity index (χ1v) is 12.0. The lowest BCUT2D eigenvalue weighted by atomic mass is 9.85. The maximum absolute atomic E-state index is 13.1. The lowest BCUT2D eigenvalue weighted by Gasteiger charge is -2.29. The predicted octanol–water partition coefficient (Wildman–Crippen LogP) is 1.62. The van der Waals surface area contributed by atoms with Crippen molar-refractivity contribution in [2.24, 2.45) is 17.6 Å². The van der Waals surface area contributed by atoms with E-state index in [0.717, 1.165) is 6.08 Å². The van der Waals surface area contributed by atoms with Crippen LogP contribution >= 0.6 is 0 Å². The van der Waals surface area contributed by atoms with Crippen molar-refractivity contribution in [1.82, 2.24) is 5.32 Å². The summed E-state index contributed by atoms with van der Waals surface area (Å²) in [5.41, 5.74) is 6.69. The Hall–Kier alpha value is -2.85. The maximum Gasteiger partial charge on any atom is 0.251 e. The van der Waals surface area contributed by atoms with Crippen molar-refractivity contribution in [3.05, 3.63) is 58.5 Å². The smallest absolute Gasteiger partial charge is 0.251 e. The van der Waals surface area contributed by atoms with E-state index in [1.54, 1.807) is 32.1 Å². The van der Waals surface area contributed by atoms with E-state index in [-0.39, 0.29) is 40.8 Å². The average molecular weight is 504 g/mol. The van der Waals surface area contributed by atoms with Crippen LogP contribution in [-0.2, 0) is 23.9 Å². The van der Waals surface area contributed by atoms with Gasteiger partial charge < -0.3 is 30.7 Å². The van der Waals surface area contributed by atoms with Gasteiger partial charge in [0.2, 0.25) is 11.6 Å². The second-order valence-corrected chi connectivity index (χ2v) is 9.56. The van der Waals surface area contributed by atoms with E-state index in [2.05, 4.69) is 5.32 Å². The summed E-state index contributed by atoms with van der Waals surface area (Å²) in [6.07, 6.45) is 4.89. The van der Waals surface area contributed by atoms with Gasteiger partial charge in [-0.15, -0.1) is 0 Å². The van der Waals surface area contributed by atoms with Crippen molar-refractivity contribution in [3.63, 3.8) is 0 Å². The lowest BCUT2D eigenvalue weighted by molar-refractivity contribution is -0.120. The molecule has 0 saturated carbocycles. The Bertz CT molecular complexity index is 1020. The number of Topliss-reactive ketones (excluding diaryl/α,β-unsaturated/α-hetero) is 1. The number of nitrogens with one attached hydrogen (secondary N) is 1. The van der Waals surface area contributed by atoms with Crippen molar-refractivity contribution >= 4 is 17.5 Å². The van der Waals surface area contributed by atoms with Crippen LogP contribution in [0.4, 0.5) is 0 Å². The van der Waals surface area contributed by atoms with Crippen LogP contribution in [0, 0.1) is 11.8 Å². The van der Waals surface area contributed by atoms with Crippen LogP contribution in [0.5, 0.6) is 0 Å². The Kier molecular flexibility index (Phi) is 10.5. The zero-order valence-corrected chi connectivity index (χ0v) is 21.8. The number of ether oxygens (including phenoxy) is 2. The molecule has 0 spiro atoms. The third kappa shape index (κ3) is 7.10. The first-order valence-electron chi connectivity index (χ1n) is 12.0. The van der Waals surface area contributed by atoms with Crippen LogP contribution in [0.2, 0.25) is 0 Å². The third-order valence-corrected chi connectivity index (χ3v) is 6.62. The van der Waals surface area contributed by atoms with E-state index in [1.807, 2.05) is 13.8 Å². The molecule has 1 heterocycles. The molecule has 198 valence electrons. The topological polar surface area (TPSA) is 148 Å². The van der Waals surface area contributed by atoms with Gasteiger partial charge in [0.25, 0.3) is 5.91 Å². The molecule has 9 heteroatoms. The van der Waals surface area contributed by atoms with Crippen LogP contribution in [-0.4, -0.2) is 66.3 Å². The van der Waals surface area contributed by atoms with Crippen LogP contribution in [0.3, 0.4) is 0 Å². The van der Waals surface area contributed by atoms with E-state index >= 15 is 0 Å². The summed E-state index contributed by atoms with van der Waals surface area (Å²) in [5.74, 6) is -2.16. The molecule has 0 fully saturated rings. The van der Waals surface area contributed by atoms with Crippen LogP contribution in [0.1, 0.15) is 40.5 Å². The van der Waals surface area contributed by atoms with Crippen molar-refractivity contribution in [3.8, 4) is 0 Å². The Labute approximate surface area is 212 Å². The summed E-state index contributed by atoms with van der Waals surface area (Å²) in [6.45, 7) is 7.00. The fourth-order valence-electron chi connectivity index (χ4n) is 4.34. The van der Waals surface area contributed by atoms with Crippen LogP contribution in [0.15, 0.2) is 58.5 Å². The molecule has 6 atom stereocenters. The van der Waals surface area contributed by atoms with E-state index in [4.69, 9.17) is 15.2 Å². The fraction of sp³-hybridized carbons (Fsp3) is 0.519.